The van der Waals surface area contributed by atoms with Crippen molar-refractivity contribution in [2.24, 2.45) is 0 Å². The lowest BCUT2D eigenvalue weighted by molar-refractivity contribution is 0.625. The number of nitrogens with one attached hydrogen (secondary N) is 1. The van der Waals surface area contributed by atoms with Crippen LogP contribution in [0.1, 0.15) is 18.1 Å². The normalized spacial score (nSPS) is 10.1. The molecule has 5 heteroatoms. The molecule has 0 aliphatic carbocycles. The third-order valence-electron chi connectivity index (χ3n) is 2.52. The molecule has 0 bridgehead atoms. The molecule has 2 rings (SSSR count). The molecule has 0 aliphatic rings. The van der Waals surface area contributed by atoms with Gasteiger partial charge >= 0.3 is 0 Å². The Balaban J connectivity index is 2.06. The average Bonchev–Trinajstić information content (AvgIpc) is 2.83. The van der Waals surface area contributed by atoms with Crippen molar-refractivity contribution in [2.45, 2.75) is 20.0 Å². The van der Waals surface area contributed by atoms with Crippen LogP contribution in [0.25, 0.3) is 0 Å². The maximum atomic E-state index is 13.2. The van der Waals surface area contributed by atoms with Gasteiger partial charge in [0.1, 0.15) is 11.6 Å². The van der Waals surface area contributed by atoms with E-state index in [1.165, 1.54) is 12.1 Å². The lowest BCUT2D eigenvalue weighted by Gasteiger charge is -2.04. The fourth-order valence-electron chi connectivity index (χ4n) is 1.64. The van der Waals surface area contributed by atoms with E-state index in [4.69, 9.17) is 5.26 Å². The van der Waals surface area contributed by atoms with Gasteiger partial charge in [0.15, 0.2) is 0 Å². The average molecular weight is 244 g/mol. The Morgan fingerprint density at radius 3 is 2.94 bits per heavy atom. The molecule has 0 spiro atoms. The fourth-order valence-corrected chi connectivity index (χ4v) is 1.64. The first kappa shape index (κ1) is 12.1. The Labute approximate surface area is 105 Å². The van der Waals surface area contributed by atoms with Crippen LogP contribution < -0.4 is 5.32 Å². The Morgan fingerprint density at radius 1 is 1.44 bits per heavy atom. The number of benzene rings is 1. The summed E-state index contributed by atoms with van der Waals surface area (Å²) in [5.41, 5.74) is 1.04. The molecule has 0 saturated heterocycles. The molecular formula is C13H13FN4. The van der Waals surface area contributed by atoms with Gasteiger partial charge in [-0.3, -0.25) is 4.68 Å². The number of hydrogen-bond acceptors (Lipinski definition) is 3. The number of halogens is 1. The van der Waals surface area contributed by atoms with Crippen LogP contribution in [0.15, 0.2) is 30.5 Å². The number of aryl methyl sites for hydroxylation is 1. The molecule has 1 aromatic heterocycles. The summed E-state index contributed by atoms with van der Waals surface area (Å²) in [6.45, 7) is 3.25. The molecule has 1 N–H and O–H groups in total. The van der Waals surface area contributed by atoms with Gasteiger partial charge in [0, 0.05) is 25.4 Å². The summed E-state index contributed by atoms with van der Waals surface area (Å²) in [6.07, 6.45) is 1.87. The quantitative estimate of drug-likeness (QED) is 0.899. The molecule has 18 heavy (non-hydrogen) atoms. The summed E-state index contributed by atoms with van der Waals surface area (Å²) in [5, 5.41) is 16.1. The Bertz CT molecular complexity index is 583. The SMILES string of the molecule is CCn1ccc(NCc2cc(F)cc(C#N)c2)n1. The molecule has 0 atom stereocenters. The number of hydrogen-bond donors (Lipinski definition) is 1. The van der Waals surface area contributed by atoms with Gasteiger partial charge in [-0.15, -0.1) is 0 Å². The van der Waals surface area contributed by atoms with Gasteiger partial charge in [0.05, 0.1) is 11.6 Å². The zero-order valence-corrected chi connectivity index (χ0v) is 10.0. The summed E-state index contributed by atoms with van der Waals surface area (Å²) < 4.78 is 15.0. The third kappa shape index (κ3) is 2.86. The molecule has 0 unspecified atom stereocenters. The highest BCUT2D eigenvalue weighted by Crippen LogP contribution is 2.11. The van der Waals surface area contributed by atoms with Crippen molar-refractivity contribution in [2.75, 3.05) is 5.32 Å². The maximum absolute atomic E-state index is 13.2. The van der Waals surface area contributed by atoms with Gasteiger partial charge in [-0.1, -0.05) is 0 Å². The molecule has 2 aromatic rings. The van der Waals surface area contributed by atoms with E-state index in [0.29, 0.717) is 12.1 Å². The first-order valence-corrected chi connectivity index (χ1v) is 5.68. The van der Waals surface area contributed by atoms with Crippen LogP contribution in [0.3, 0.4) is 0 Å². The van der Waals surface area contributed by atoms with Crippen LogP contribution in [0.2, 0.25) is 0 Å². The Hall–Kier alpha value is -2.35. The molecule has 1 heterocycles. The van der Waals surface area contributed by atoms with Crippen molar-refractivity contribution in [3.05, 3.63) is 47.4 Å². The van der Waals surface area contributed by atoms with Gasteiger partial charge < -0.3 is 5.32 Å². The zero-order chi connectivity index (χ0) is 13.0. The van der Waals surface area contributed by atoms with Crippen molar-refractivity contribution < 1.29 is 4.39 Å². The highest BCUT2D eigenvalue weighted by atomic mass is 19.1. The predicted molar refractivity (Wildman–Crippen MR) is 66.3 cm³/mol. The highest BCUT2D eigenvalue weighted by Gasteiger charge is 2.02. The van der Waals surface area contributed by atoms with E-state index in [1.54, 1.807) is 10.7 Å². The van der Waals surface area contributed by atoms with E-state index in [0.717, 1.165) is 17.9 Å². The van der Waals surface area contributed by atoms with E-state index >= 15 is 0 Å². The van der Waals surface area contributed by atoms with Crippen LogP contribution in [-0.2, 0) is 13.1 Å². The number of nitrogens with zero attached hydrogens (tertiary/aromatic N) is 3. The monoisotopic (exact) mass is 244 g/mol. The number of aromatic nitrogens is 2. The van der Waals surface area contributed by atoms with Gasteiger partial charge in [-0.25, -0.2) is 4.39 Å². The molecular weight excluding hydrogens is 231 g/mol. The largest absolute Gasteiger partial charge is 0.365 e. The van der Waals surface area contributed by atoms with E-state index in [2.05, 4.69) is 10.4 Å². The molecule has 4 nitrogen and oxygen atoms in total. The molecule has 0 radical (unpaired) electrons. The number of rotatable bonds is 4. The van der Waals surface area contributed by atoms with Crippen LogP contribution in [0.4, 0.5) is 10.2 Å². The first-order valence-electron chi connectivity index (χ1n) is 5.68. The van der Waals surface area contributed by atoms with Gasteiger partial charge in [0.2, 0.25) is 0 Å². The van der Waals surface area contributed by atoms with Crippen LogP contribution in [0, 0.1) is 17.1 Å². The molecule has 0 aliphatic heterocycles. The van der Waals surface area contributed by atoms with E-state index < -0.39 is 5.82 Å². The zero-order valence-electron chi connectivity index (χ0n) is 10.0. The Morgan fingerprint density at radius 2 is 2.28 bits per heavy atom. The van der Waals surface area contributed by atoms with Crippen LogP contribution in [0.5, 0.6) is 0 Å². The summed E-state index contributed by atoms with van der Waals surface area (Å²) >= 11 is 0. The van der Waals surface area contributed by atoms with E-state index in [1.807, 2.05) is 25.3 Å². The smallest absolute Gasteiger partial charge is 0.148 e. The van der Waals surface area contributed by atoms with Crippen molar-refractivity contribution in [1.29, 1.82) is 5.26 Å². The van der Waals surface area contributed by atoms with Crippen molar-refractivity contribution >= 4 is 5.82 Å². The summed E-state index contributed by atoms with van der Waals surface area (Å²) in [4.78, 5) is 0. The number of anilines is 1. The predicted octanol–water partition coefficient (Wildman–Crippen LogP) is 2.53. The third-order valence-corrected chi connectivity index (χ3v) is 2.52. The standard InChI is InChI=1S/C13H13FN4/c1-2-18-4-3-13(17-18)16-9-11-5-10(8-15)6-12(14)7-11/h3-7H,2,9H2,1H3,(H,16,17). The summed E-state index contributed by atoms with van der Waals surface area (Å²) in [7, 11) is 0. The second-order valence-electron chi connectivity index (χ2n) is 3.87. The number of nitriles is 1. The van der Waals surface area contributed by atoms with Gasteiger partial charge in [0.25, 0.3) is 0 Å². The Kier molecular flexibility index (Phi) is 3.58. The summed E-state index contributed by atoms with van der Waals surface area (Å²) in [5.74, 6) is 0.338. The van der Waals surface area contributed by atoms with Gasteiger partial charge in [-0.05, 0) is 30.7 Å². The van der Waals surface area contributed by atoms with Crippen molar-refractivity contribution in [3.8, 4) is 6.07 Å². The lowest BCUT2D eigenvalue weighted by atomic mass is 10.1. The van der Waals surface area contributed by atoms with Crippen LogP contribution >= 0.6 is 0 Å². The van der Waals surface area contributed by atoms with E-state index in [-0.39, 0.29) is 0 Å². The fraction of sp³-hybridized carbons (Fsp3) is 0.231. The van der Waals surface area contributed by atoms with Crippen molar-refractivity contribution in [3.63, 3.8) is 0 Å². The minimum atomic E-state index is -0.398. The topological polar surface area (TPSA) is 53.6 Å². The van der Waals surface area contributed by atoms with Crippen molar-refractivity contribution in [1.82, 2.24) is 9.78 Å². The lowest BCUT2D eigenvalue weighted by Crippen LogP contribution is -2.02. The maximum Gasteiger partial charge on any atom is 0.148 e. The van der Waals surface area contributed by atoms with E-state index in [9.17, 15) is 4.39 Å². The first-order chi connectivity index (χ1) is 8.71. The second kappa shape index (κ2) is 5.32. The molecule has 1 aromatic carbocycles. The second-order valence-corrected chi connectivity index (χ2v) is 3.87. The van der Waals surface area contributed by atoms with Crippen LogP contribution in [-0.4, -0.2) is 9.78 Å². The molecule has 0 saturated carbocycles. The minimum absolute atomic E-state index is 0.325. The molecule has 0 amide bonds. The highest BCUT2D eigenvalue weighted by molar-refractivity contribution is 5.37. The van der Waals surface area contributed by atoms with Gasteiger partial charge in [-0.2, -0.15) is 10.4 Å². The summed E-state index contributed by atoms with van der Waals surface area (Å²) in [6, 6.07) is 8.07. The molecule has 92 valence electrons. The minimum Gasteiger partial charge on any atom is -0.365 e. The molecule has 0 fully saturated rings.